The van der Waals surface area contributed by atoms with E-state index in [0.717, 1.165) is 24.3 Å². The highest BCUT2D eigenvalue weighted by Gasteiger charge is 2.11. The van der Waals surface area contributed by atoms with Gasteiger partial charge in [0.2, 0.25) is 0 Å². The highest BCUT2D eigenvalue weighted by molar-refractivity contribution is 6.32. The molecule has 0 saturated carbocycles. The van der Waals surface area contributed by atoms with E-state index < -0.39 is 17.6 Å². The van der Waals surface area contributed by atoms with Crippen molar-refractivity contribution in [2.45, 2.75) is 0 Å². The Morgan fingerprint density at radius 1 is 1.19 bits per heavy atom. The second kappa shape index (κ2) is 6.37. The molecule has 0 unspecified atom stereocenters. The molecule has 0 spiro atoms. The first-order chi connectivity index (χ1) is 9.97. The van der Waals surface area contributed by atoms with E-state index in [4.69, 9.17) is 21.4 Å². The first-order valence-corrected chi connectivity index (χ1v) is 6.17. The maximum atomic E-state index is 13.6. The van der Waals surface area contributed by atoms with Gasteiger partial charge in [-0.25, -0.2) is 13.6 Å². The van der Waals surface area contributed by atoms with Gasteiger partial charge in [0, 0.05) is 17.7 Å². The standard InChI is InChI=1S/C15H9ClF2O3/c16-11-2-1-3-13(10(11)5-7-15(19)20)21-14-8-9(17)4-6-12(14)18/h1-8H,(H,19,20). The first kappa shape index (κ1) is 15.0. The van der Waals surface area contributed by atoms with Crippen LogP contribution in [0.25, 0.3) is 6.08 Å². The van der Waals surface area contributed by atoms with Crippen LogP contribution in [0.5, 0.6) is 11.5 Å². The Labute approximate surface area is 124 Å². The Morgan fingerprint density at radius 3 is 2.67 bits per heavy atom. The molecule has 0 amide bonds. The van der Waals surface area contributed by atoms with Crippen molar-refractivity contribution in [3.8, 4) is 11.5 Å². The average molecular weight is 311 g/mol. The molecule has 6 heteroatoms. The molecule has 0 aliphatic carbocycles. The molecular formula is C15H9ClF2O3. The SMILES string of the molecule is O=C(O)C=Cc1c(Cl)cccc1Oc1cc(F)ccc1F. The van der Waals surface area contributed by atoms with E-state index in [1.54, 1.807) is 6.07 Å². The molecule has 0 aromatic heterocycles. The van der Waals surface area contributed by atoms with Gasteiger partial charge in [0.1, 0.15) is 11.6 Å². The Hall–Kier alpha value is -2.40. The average Bonchev–Trinajstić information content (AvgIpc) is 2.42. The summed E-state index contributed by atoms with van der Waals surface area (Å²) in [5.74, 6) is -2.77. The Morgan fingerprint density at radius 2 is 1.95 bits per heavy atom. The first-order valence-electron chi connectivity index (χ1n) is 5.80. The van der Waals surface area contributed by atoms with Gasteiger partial charge in [-0.3, -0.25) is 0 Å². The topological polar surface area (TPSA) is 46.5 Å². The molecule has 2 aromatic rings. The maximum absolute atomic E-state index is 13.6. The predicted molar refractivity (Wildman–Crippen MR) is 74.6 cm³/mol. The van der Waals surface area contributed by atoms with Crippen LogP contribution in [0.4, 0.5) is 8.78 Å². The molecule has 0 aliphatic heterocycles. The van der Waals surface area contributed by atoms with Crippen LogP contribution in [0.2, 0.25) is 5.02 Å². The van der Waals surface area contributed by atoms with Crippen LogP contribution < -0.4 is 4.74 Å². The number of ether oxygens (including phenoxy) is 1. The molecule has 1 N–H and O–H groups in total. The van der Waals surface area contributed by atoms with Crippen LogP contribution in [0.3, 0.4) is 0 Å². The summed E-state index contributed by atoms with van der Waals surface area (Å²) in [6.45, 7) is 0. The van der Waals surface area contributed by atoms with E-state index >= 15 is 0 Å². The largest absolute Gasteiger partial charge is 0.478 e. The lowest BCUT2D eigenvalue weighted by atomic mass is 10.2. The van der Waals surface area contributed by atoms with Gasteiger partial charge >= 0.3 is 5.97 Å². The number of rotatable bonds is 4. The molecule has 0 aliphatic rings. The normalized spacial score (nSPS) is 10.8. The molecule has 0 atom stereocenters. The molecule has 0 fully saturated rings. The predicted octanol–water partition coefficient (Wildman–Crippen LogP) is 4.51. The van der Waals surface area contributed by atoms with Crippen LogP contribution in [0, 0.1) is 11.6 Å². The summed E-state index contributed by atoms with van der Waals surface area (Å²) in [4.78, 5) is 10.6. The van der Waals surface area contributed by atoms with E-state index in [0.29, 0.717) is 0 Å². The zero-order valence-corrected chi connectivity index (χ0v) is 11.3. The van der Waals surface area contributed by atoms with Gasteiger partial charge in [0.05, 0.1) is 5.02 Å². The Bertz CT molecular complexity index is 714. The Balaban J connectivity index is 2.42. The zero-order valence-electron chi connectivity index (χ0n) is 10.5. The molecule has 0 heterocycles. The number of benzene rings is 2. The van der Waals surface area contributed by atoms with Crippen molar-refractivity contribution in [2.75, 3.05) is 0 Å². The van der Waals surface area contributed by atoms with Gasteiger partial charge in [-0.15, -0.1) is 0 Å². The van der Waals surface area contributed by atoms with Crippen molar-refractivity contribution in [1.82, 2.24) is 0 Å². The quantitative estimate of drug-likeness (QED) is 0.845. The van der Waals surface area contributed by atoms with Crippen LogP contribution in [0.15, 0.2) is 42.5 Å². The zero-order chi connectivity index (χ0) is 15.4. The van der Waals surface area contributed by atoms with Crippen molar-refractivity contribution in [1.29, 1.82) is 0 Å². The third-order valence-electron chi connectivity index (χ3n) is 2.52. The lowest BCUT2D eigenvalue weighted by Gasteiger charge is -2.10. The minimum Gasteiger partial charge on any atom is -0.478 e. The van der Waals surface area contributed by atoms with Crippen LogP contribution in [-0.4, -0.2) is 11.1 Å². The summed E-state index contributed by atoms with van der Waals surface area (Å²) in [5, 5.41) is 8.87. The molecule has 0 radical (unpaired) electrons. The number of carbonyl (C=O) groups is 1. The minimum absolute atomic E-state index is 0.115. The van der Waals surface area contributed by atoms with Crippen molar-refractivity contribution < 1.29 is 23.4 Å². The number of hydrogen-bond acceptors (Lipinski definition) is 2. The second-order valence-corrected chi connectivity index (χ2v) is 4.41. The molecular weight excluding hydrogens is 302 g/mol. The van der Waals surface area contributed by atoms with E-state index in [-0.39, 0.29) is 22.1 Å². The minimum atomic E-state index is -1.17. The summed E-state index contributed by atoms with van der Waals surface area (Å²) in [6.07, 6.45) is 2.09. The van der Waals surface area contributed by atoms with Crippen molar-refractivity contribution in [3.63, 3.8) is 0 Å². The third-order valence-corrected chi connectivity index (χ3v) is 2.85. The fraction of sp³-hybridized carbons (Fsp3) is 0. The fourth-order valence-corrected chi connectivity index (χ4v) is 1.83. The number of halogens is 3. The van der Waals surface area contributed by atoms with E-state index in [1.807, 2.05) is 0 Å². The van der Waals surface area contributed by atoms with Crippen molar-refractivity contribution in [3.05, 3.63) is 64.7 Å². The van der Waals surface area contributed by atoms with Gasteiger partial charge < -0.3 is 9.84 Å². The molecule has 21 heavy (non-hydrogen) atoms. The second-order valence-electron chi connectivity index (χ2n) is 4.00. The molecule has 0 bridgehead atoms. The highest BCUT2D eigenvalue weighted by atomic mass is 35.5. The summed E-state index contributed by atoms with van der Waals surface area (Å²) < 4.78 is 32.0. The van der Waals surface area contributed by atoms with E-state index in [9.17, 15) is 13.6 Å². The van der Waals surface area contributed by atoms with Crippen LogP contribution in [0.1, 0.15) is 5.56 Å². The van der Waals surface area contributed by atoms with Gasteiger partial charge in [-0.2, -0.15) is 0 Å². The summed E-state index contributed by atoms with van der Waals surface area (Å²) in [6, 6.07) is 7.33. The molecule has 3 nitrogen and oxygen atoms in total. The molecule has 2 rings (SSSR count). The fourth-order valence-electron chi connectivity index (χ4n) is 1.60. The van der Waals surface area contributed by atoms with Gasteiger partial charge in [-0.1, -0.05) is 17.7 Å². The summed E-state index contributed by atoms with van der Waals surface area (Å²) in [7, 11) is 0. The molecule has 0 saturated heterocycles. The molecule has 2 aromatic carbocycles. The highest BCUT2D eigenvalue weighted by Crippen LogP contribution is 2.32. The monoisotopic (exact) mass is 310 g/mol. The van der Waals surface area contributed by atoms with Crippen LogP contribution >= 0.6 is 11.6 Å². The smallest absolute Gasteiger partial charge is 0.328 e. The van der Waals surface area contributed by atoms with Crippen LogP contribution in [-0.2, 0) is 4.79 Å². The summed E-state index contributed by atoms with van der Waals surface area (Å²) in [5.41, 5.74) is 0.255. The maximum Gasteiger partial charge on any atom is 0.328 e. The number of aliphatic carboxylic acids is 1. The Kier molecular flexibility index (Phi) is 4.55. The van der Waals surface area contributed by atoms with E-state index in [2.05, 4.69) is 0 Å². The lowest BCUT2D eigenvalue weighted by Crippen LogP contribution is -1.93. The van der Waals surface area contributed by atoms with Crippen molar-refractivity contribution >= 4 is 23.6 Å². The third kappa shape index (κ3) is 3.79. The van der Waals surface area contributed by atoms with Crippen molar-refractivity contribution in [2.24, 2.45) is 0 Å². The van der Waals surface area contributed by atoms with Gasteiger partial charge in [0.15, 0.2) is 11.6 Å². The number of hydrogen-bond donors (Lipinski definition) is 1. The number of carboxylic acid groups (broad SMARTS) is 1. The van der Waals surface area contributed by atoms with Gasteiger partial charge in [-0.05, 0) is 30.3 Å². The lowest BCUT2D eigenvalue weighted by molar-refractivity contribution is -0.131. The number of carboxylic acids is 1. The summed E-state index contributed by atoms with van der Waals surface area (Å²) >= 11 is 5.96. The molecule has 108 valence electrons. The van der Waals surface area contributed by atoms with E-state index in [1.165, 1.54) is 18.2 Å². The van der Waals surface area contributed by atoms with Gasteiger partial charge in [0.25, 0.3) is 0 Å².